The molecule has 0 spiro atoms. The van der Waals surface area contributed by atoms with Gasteiger partial charge in [0.1, 0.15) is 5.60 Å². The van der Waals surface area contributed by atoms with E-state index in [2.05, 4.69) is 0 Å². The molecule has 2 rings (SSSR count). The number of carbonyl (C=O) groups is 1. The second-order valence-electron chi connectivity index (χ2n) is 5.97. The Labute approximate surface area is 129 Å². The number of halogens is 1. The summed E-state index contributed by atoms with van der Waals surface area (Å²) < 4.78 is 29.8. The van der Waals surface area contributed by atoms with Gasteiger partial charge in [0.15, 0.2) is 9.84 Å². The van der Waals surface area contributed by atoms with Crippen molar-refractivity contribution in [1.82, 2.24) is 4.90 Å². The third-order valence-electron chi connectivity index (χ3n) is 3.00. The molecule has 1 amide bonds. The predicted molar refractivity (Wildman–Crippen MR) is 80.1 cm³/mol. The van der Waals surface area contributed by atoms with Crippen molar-refractivity contribution in [3.8, 4) is 0 Å². The molecular formula is C14H18ClNO4S. The molecule has 1 aliphatic rings. The number of nitrogens with zero attached hydrogens (tertiary/aromatic N) is 1. The normalized spacial score (nSPS) is 17.8. The van der Waals surface area contributed by atoms with Crippen molar-refractivity contribution in [3.63, 3.8) is 0 Å². The minimum absolute atomic E-state index is 0.101. The average Bonchev–Trinajstić information content (AvgIpc) is 2.43. The van der Waals surface area contributed by atoms with Crippen molar-refractivity contribution in [1.29, 1.82) is 0 Å². The Morgan fingerprint density at radius 1 is 1.33 bits per heavy atom. The monoisotopic (exact) mass is 331 g/mol. The van der Waals surface area contributed by atoms with Gasteiger partial charge in [0.05, 0.1) is 17.2 Å². The summed E-state index contributed by atoms with van der Waals surface area (Å²) in [5.74, 6) is -0.124. The van der Waals surface area contributed by atoms with Crippen LogP contribution in [0.1, 0.15) is 26.3 Å². The van der Waals surface area contributed by atoms with Crippen LogP contribution in [0.2, 0.25) is 5.02 Å². The number of benzene rings is 1. The standard InChI is InChI=1S/C14H18ClNO4S/c1-14(2,3)20-13(17)16-6-7-21(18,19)12-5-4-11(15)8-10(12)9-16/h4-5,8H,6-7,9H2,1-3H3. The summed E-state index contributed by atoms with van der Waals surface area (Å²) >= 11 is 5.93. The van der Waals surface area contributed by atoms with Crippen LogP contribution in [0.3, 0.4) is 0 Å². The molecule has 0 N–H and O–H groups in total. The molecule has 0 unspecified atom stereocenters. The van der Waals surface area contributed by atoms with Gasteiger partial charge >= 0.3 is 6.09 Å². The predicted octanol–water partition coefficient (Wildman–Crippen LogP) is 2.86. The van der Waals surface area contributed by atoms with Gasteiger partial charge in [0.25, 0.3) is 0 Å². The number of sulfone groups is 1. The van der Waals surface area contributed by atoms with Crippen molar-refractivity contribution < 1.29 is 17.9 Å². The first-order valence-corrected chi connectivity index (χ1v) is 8.61. The van der Waals surface area contributed by atoms with Gasteiger partial charge < -0.3 is 9.64 Å². The molecule has 0 aliphatic carbocycles. The largest absolute Gasteiger partial charge is 0.444 e. The highest BCUT2D eigenvalue weighted by Gasteiger charge is 2.30. The summed E-state index contributed by atoms with van der Waals surface area (Å²) in [6, 6.07) is 4.61. The van der Waals surface area contributed by atoms with E-state index in [0.29, 0.717) is 10.6 Å². The second-order valence-corrected chi connectivity index (χ2v) is 8.49. The van der Waals surface area contributed by atoms with Crippen molar-refractivity contribution in [2.24, 2.45) is 0 Å². The van der Waals surface area contributed by atoms with Crippen molar-refractivity contribution in [2.75, 3.05) is 12.3 Å². The van der Waals surface area contributed by atoms with Gasteiger partial charge in [-0.1, -0.05) is 11.6 Å². The van der Waals surface area contributed by atoms with Crippen LogP contribution < -0.4 is 0 Å². The van der Waals surface area contributed by atoms with Crippen LogP contribution in [-0.2, 0) is 21.1 Å². The van der Waals surface area contributed by atoms with E-state index >= 15 is 0 Å². The zero-order valence-electron chi connectivity index (χ0n) is 12.2. The minimum Gasteiger partial charge on any atom is -0.444 e. The molecule has 21 heavy (non-hydrogen) atoms. The molecule has 0 atom stereocenters. The first-order chi connectivity index (χ1) is 9.58. The molecule has 0 radical (unpaired) electrons. The lowest BCUT2D eigenvalue weighted by molar-refractivity contribution is 0.0247. The zero-order chi connectivity index (χ0) is 15.8. The SMILES string of the molecule is CC(C)(C)OC(=O)N1CCS(=O)(=O)c2ccc(Cl)cc2C1. The van der Waals surface area contributed by atoms with Gasteiger partial charge in [-0.25, -0.2) is 13.2 Å². The number of rotatable bonds is 0. The fraction of sp³-hybridized carbons (Fsp3) is 0.500. The van der Waals surface area contributed by atoms with Crippen molar-refractivity contribution in [2.45, 2.75) is 37.8 Å². The summed E-state index contributed by atoms with van der Waals surface area (Å²) in [6.07, 6.45) is -0.523. The Morgan fingerprint density at radius 2 is 2.00 bits per heavy atom. The first kappa shape index (κ1) is 16.1. The van der Waals surface area contributed by atoms with Gasteiger partial charge in [-0.05, 0) is 44.5 Å². The molecule has 0 saturated carbocycles. The number of amides is 1. The third-order valence-corrected chi connectivity index (χ3v) is 5.02. The lowest BCUT2D eigenvalue weighted by atomic mass is 10.2. The topological polar surface area (TPSA) is 63.7 Å². The van der Waals surface area contributed by atoms with Crippen LogP contribution in [0, 0.1) is 0 Å². The van der Waals surface area contributed by atoms with Gasteiger partial charge in [0, 0.05) is 11.6 Å². The first-order valence-electron chi connectivity index (χ1n) is 6.58. The molecule has 7 heteroatoms. The molecule has 5 nitrogen and oxygen atoms in total. The number of ether oxygens (including phenoxy) is 1. The molecule has 116 valence electrons. The van der Waals surface area contributed by atoms with E-state index in [1.807, 2.05) is 0 Å². The third kappa shape index (κ3) is 3.89. The number of hydrogen-bond acceptors (Lipinski definition) is 4. The van der Waals surface area contributed by atoms with Crippen LogP contribution in [0.25, 0.3) is 0 Å². The highest BCUT2D eigenvalue weighted by Crippen LogP contribution is 2.26. The molecular weight excluding hydrogens is 314 g/mol. The Balaban J connectivity index is 2.34. The van der Waals surface area contributed by atoms with Crippen LogP contribution in [-0.4, -0.2) is 37.3 Å². The number of carbonyl (C=O) groups excluding carboxylic acids is 1. The number of hydrogen-bond donors (Lipinski definition) is 0. The van der Waals surface area contributed by atoms with E-state index in [0.717, 1.165) is 0 Å². The Morgan fingerprint density at radius 3 is 2.62 bits per heavy atom. The molecule has 0 fully saturated rings. The fourth-order valence-electron chi connectivity index (χ4n) is 2.08. The van der Waals surface area contributed by atoms with Crippen LogP contribution >= 0.6 is 11.6 Å². The van der Waals surface area contributed by atoms with Crippen LogP contribution in [0.5, 0.6) is 0 Å². The second kappa shape index (κ2) is 5.50. The van der Waals surface area contributed by atoms with Crippen LogP contribution in [0.15, 0.2) is 23.1 Å². The van der Waals surface area contributed by atoms with Crippen LogP contribution in [0.4, 0.5) is 4.79 Å². The maximum atomic E-state index is 12.2. The molecule has 1 heterocycles. The maximum absolute atomic E-state index is 12.2. The maximum Gasteiger partial charge on any atom is 0.410 e. The smallest absolute Gasteiger partial charge is 0.410 e. The van der Waals surface area contributed by atoms with E-state index in [1.165, 1.54) is 11.0 Å². The molecule has 1 aromatic carbocycles. The quantitative estimate of drug-likeness (QED) is 0.733. The lowest BCUT2D eigenvalue weighted by Crippen LogP contribution is -2.37. The number of fused-ring (bicyclic) bond motifs is 1. The summed E-state index contributed by atoms with van der Waals surface area (Å²) in [4.78, 5) is 13.8. The van der Waals surface area contributed by atoms with Crippen molar-refractivity contribution in [3.05, 3.63) is 28.8 Å². The van der Waals surface area contributed by atoms with E-state index in [4.69, 9.17) is 16.3 Å². The summed E-state index contributed by atoms with van der Waals surface area (Å²) in [7, 11) is -3.41. The molecule has 0 aromatic heterocycles. The average molecular weight is 332 g/mol. The Bertz CT molecular complexity index is 664. The summed E-state index contributed by atoms with van der Waals surface area (Å²) in [5.41, 5.74) is -0.106. The fourth-order valence-corrected chi connectivity index (χ4v) is 3.76. The Hall–Kier alpha value is -1.27. The van der Waals surface area contributed by atoms with Gasteiger partial charge in [-0.3, -0.25) is 0 Å². The zero-order valence-corrected chi connectivity index (χ0v) is 13.8. The minimum atomic E-state index is -3.41. The molecule has 1 aromatic rings. The molecule has 1 aliphatic heterocycles. The highest BCUT2D eigenvalue weighted by molar-refractivity contribution is 7.91. The molecule has 0 saturated heterocycles. The molecule has 0 bridgehead atoms. The van der Waals surface area contributed by atoms with E-state index < -0.39 is 21.5 Å². The summed E-state index contributed by atoms with van der Waals surface area (Å²) in [5, 5.41) is 0.440. The van der Waals surface area contributed by atoms with Gasteiger partial charge in [-0.2, -0.15) is 0 Å². The van der Waals surface area contributed by atoms with Crippen molar-refractivity contribution >= 4 is 27.5 Å². The summed E-state index contributed by atoms with van der Waals surface area (Å²) in [6.45, 7) is 5.58. The highest BCUT2D eigenvalue weighted by atomic mass is 35.5. The van der Waals surface area contributed by atoms with E-state index in [-0.39, 0.29) is 23.7 Å². The van der Waals surface area contributed by atoms with Gasteiger partial charge in [-0.15, -0.1) is 0 Å². The van der Waals surface area contributed by atoms with Gasteiger partial charge in [0.2, 0.25) is 0 Å². The lowest BCUT2D eigenvalue weighted by Gasteiger charge is -2.26. The van der Waals surface area contributed by atoms with E-state index in [9.17, 15) is 13.2 Å². The Kier molecular flexibility index (Phi) is 4.22. The van der Waals surface area contributed by atoms with E-state index in [1.54, 1.807) is 32.9 Å².